The van der Waals surface area contributed by atoms with Crippen molar-refractivity contribution in [2.45, 2.75) is 19.8 Å². The van der Waals surface area contributed by atoms with Crippen molar-refractivity contribution in [2.24, 2.45) is 0 Å². The van der Waals surface area contributed by atoms with Crippen LogP contribution in [0.3, 0.4) is 0 Å². The lowest BCUT2D eigenvalue weighted by Crippen LogP contribution is -2.13. The number of benzene rings is 2. The Morgan fingerprint density at radius 2 is 1.77 bits per heavy atom. The molecule has 26 heavy (non-hydrogen) atoms. The summed E-state index contributed by atoms with van der Waals surface area (Å²) in [6.45, 7) is 1.94. The number of amides is 1. The summed E-state index contributed by atoms with van der Waals surface area (Å²) in [4.78, 5) is 17.0. The molecular formula is C21H22N2O3. The van der Waals surface area contributed by atoms with Crippen LogP contribution in [0, 0.1) is 6.92 Å². The van der Waals surface area contributed by atoms with Gasteiger partial charge in [-0.1, -0.05) is 18.2 Å². The van der Waals surface area contributed by atoms with Crippen LogP contribution in [-0.2, 0) is 11.2 Å². The Morgan fingerprint density at radius 3 is 2.46 bits per heavy atom. The molecule has 0 unspecified atom stereocenters. The molecule has 0 fully saturated rings. The van der Waals surface area contributed by atoms with Gasteiger partial charge in [0.25, 0.3) is 0 Å². The predicted octanol–water partition coefficient (Wildman–Crippen LogP) is 4.13. The highest BCUT2D eigenvalue weighted by Gasteiger charge is 2.09. The molecule has 3 rings (SSSR count). The number of hydrogen-bond donors (Lipinski definition) is 1. The molecule has 0 saturated carbocycles. The summed E-state index contributed by atoms with van der Waals surface area (Å²) in [6, 6.07) is 15.4. The lowest BCUT2D eigenvalue weighted by molar-refractivity contribution is -0.116. The van der Waals surface area contributed by atoms with E-state index in [0.717, 1.165) is 27.8 Å². The van der Waals surface area contributed by atoms with Crippen LogP contribution in [-0.4, -0.2) is 25.1 Å². The summed E-state index contributed by atoms with van der Waals surface area (Å²) in [5.74, 6) is 1.38. The summed E-state index contributed by atoms with van der Waals surface area (Å²) in [5, 5.41) is 3.98. The third-order valence-electron chi connectivity index (χ3n) is 4.19. The van der Waals surface area contributed by atoms with Crippen molar-refractivity contribution in [2.75, 3.05) is 19.5 Å². The number of fused-ring (bicyclic) bond motifs is 1. The molecule has 1 N–H and O–H groups in total. The van der Waals surface area contributed by atoms with Gasteiger partial charge in [-0.15, -0.1) is 0 Å². The fourth-order valence-corrected chi connectivity index (χ4v) is 2.83. The van der Waals surface area contributed by atoms with Gasteiger partial charge in [-0.3, -0.25) is 9.78 Å². The van der Waals surface area contributed by atoms with E-state index in [0.29, 0.717) is 24.3 Å². The Labute approximate surface area is 153 Å². The van der Waals surface area contributed by atoms with Crippen molar-refractivity contribution >= 4 is 22.5 Å². The zero-order valence-corrected chi connectivity index (χ0v) is 15.2. The molecule has 2 aromatic carbocycles. The standard InChI is InChI=1S/C21H22N2O3/c1-14-7-9-16-5-4-6-19(21(16)22-14)23-20(24)10-8-15-11-17(25-2)13-18(12-15)26-3/h4-7,9,11-13H,8,10H2,1-3H3,(H,23,24). The number of nitrogens with one attached hydrogen (secondary N) is 1. The van der Waals surface area contributed by atoms with Gasteiger partial charge in [-0.25, -0.2) is 0 Å². The summed E-state index contributed by atoms with van der Waals surface area (Å²) in [6.07, 6.45) is 0.954. The number of aryl methyl sites for hydroxylation is 2. The van der Waals surface area contributed by atoms with Crippen molar-refractivity contribution in [1.82, 2.24) is 4.98 Å². The first-order valence-electron chi connectivity index (χ1n) is 8.47. The average molecular weight is 350 g/mol. The molecule has 0 radical (unpaired) electrons. The number of carbonyl (C=O) groups is 1. The van der Waals surface area contributed by atoms with Crippen LogP contribution in [0.15, 0.2) is 48.5 Å². The third kappa shape index (κ3) is 4.11. The Bertz CT molecular complexity index is 915. The molecule has 0 aliphatic carbocycles. The van der Waals surface area contributed by atoms with E-state index in [-0.39, 0.29) is 5.91 Å². The van der Waals surface area contributed by atoms with E-state index in [9.17, 15) is 4.79 Å². The molecule has 1 heterocycles. The summed E-state index contributed by atoms with van der Waals surface area (Å²) in [5.41, 5.74) is 3.45. The van der Waals surface area contributed by atoms with Crippen molar-refractivity contribution in [3.63, 3.8) is 0 Å². The maximum atomic E-state index is 12.4. The number of nitrogens with zero attached hydrogens (tertiary/aromatic N) is 1. The Balaban J connectivity index is 1.71. The lowest BCUT2D eigenvalue weighted by Gasteiger charge is -2.10. The smallest absolute Gasteiger partial charge is 0.224 e. The number of methoxy groups -OCH3 is 2. The molecule has 3 aromatic rings. The van der Waals surface area contributed by atoms with Crippen molar-refractivity contribution in [3.05, 3.63) is 59.8 Å². The number of rotatable bonds is 6. The second-order valence-electron chi connectivity index (χ2n) is 6.10. The van der Waals surface area contributed by atoms with E-state index in [2.05, 4.69) is 10.3 Å². The summed E-state index contributed by atoms with van der Waals surface area (Å²) in [7, 11) is 3.22. The van der Waals surface area contributed by atoms with Gasteiger partial charge in [0.1, 0.15) is 11.5 Å². The topological polar surface area (TPSA) is 60.5 Å². The largest absolute Gasteiger partial charge is 0.497 e. The number of anilines is 1. The second-order valence-corrected chi connectivity index (χ2v) is 6.10. The molecule has 0 saturated heterocycles. The minimum Gasteiger partial charge on any atom is -0.497 e. The van der Waals surface area contributed by atoms with Crippen molar-refractivity contribution < 1.29 is 14.3 Å². The van der Waals surface area contributed by atoms with Crippen LogP contribution in [0.5, 0.6) is 11.5 Å². The van der Waals surface area contributed by atoms with E-state index in [1.54, 1.807) is 14.2 Å². The molecule has 0 atom stereocenters. The predicted molar refractivity (Wildman–Crippen MR) is 103 cm³/mol. The normalized spacial score (nSPS) is 10.6. The lowest BCUT2D eigenvalue weighted by atomic mass is 10.1. The second kappa shape index (κ2) is 7.87. The average Bonchev–Trinajstić information content (AvgIpc) is 2.66. The molecule has 0 aliphatic rings. The maximum Gasteiger partial charge on any atom is 0.224 e. The molecule has 0 spiro atoms. The van der Waals surface area contributed by atoms with Gasteiger partial charge >= 0.3 is 0 Å². The maximum absolute atomic E-state index is 12.4. The molecular weight excluding hydrogens is 328 g/mol. The highest BCUT2D eigenvalue weighted by Crippen LogP contribution is 2.24. The van der Waals surface area contributed by atoms with E-state index in [4.69, 9.17) is 9.47 Å². The van der Waals surface area contributed by atoms with E-state index in [1.165, 1.54) is 0 Å². The Morgan fingerprint density at radius 1 is 1.04 bits per heavy atom. The number of ether oxygens (including phenoxy) is 2. The minimum absolute atomic E-state index is 0.0532. The van der Waals surface area contributed by atoms with E-state index in [1.807, 2.05) is 55.5 Å². The fourth-order valence-electron chi connectivity index (χ4n) is 2.83. The van der Waals surface area contributed by atoms with Gasteiger partial charge in [0, 0.05) is 23.6 Å². The van der Waals surface area contributed by atoms with Gasteiger partial charge in [-0.05, 0) is 43.2 Å². The highest BCUT2D eigenvalue weighted by molar-refractivity contribution is 6.00. The summed E-state index contributed by atoms with van der Waals surface area (Å²) >= 11 is 0. The van der Waals surface area contributed by atoms with Crippen LogP contribution in [0.1, 0.15) is 17.7 Å². The zero-order valence-electron chi connectivity index (χ0n) is 15.2. The first kappa shape index (κ1) is 17.7. The molecule has 0 bridgehead atoms. The Hall–Kier alpha value is -3.08. The van der Waals surface area contributed by atoms with Crippen LogP contribution in [0.4, 0.5) is 5.69 Å². The number of pyridine rings is 1. The third-order valence-corrected chi connectivity index (χ3v) is 4.19. The van der Waals surface area contributed by atoms with Gasteiger partial charge in [0.2, 0.25) is 5.91 Å². The van der Waals surface area contributed by atoms with Gasteiger partial charge in [-0.2, -0.15) is 0 Å². The van der Waals surface area contributed by atoms with Gasteiger partial charge in [0.15, 0.2) is 0 Å². The molecule has 5 heteroatoms. The van der Waals surface area contributed by atoms with Crippen LogP contribution < -0.4 is 14.8 Å². The van der Waals surface area contributed by atoms with Gasteiger partial charge < -0.3 is 14.8 Å². The number of para-hydroxylation sites is 1. The fraction of sp³-hybridized carbons (Fsp3) is 0.238. The SMILES string of the molecule is COc1cc(CCC(=O)Nc2cccc3ccc(C)nc23)cc(OC)c1. The minimum atomic E-state index is -0.0532. The molecule has 0 aliphatic heterocycles. The molecule has 1 amide bonds. The molecule has 134 valence electrons. The summed E-state index contributed by atoms with van der Waals surface area (Å²) < 4.78 is 10.5. The number of carbonyl (C=O) groups excluding carboxylic acids is 1. The Kier molecular flexibility index (Phi) is 5.37. The molecule has 5 nitrogen and oxygen atoms in total. The van der Waals surface area contributed by atoms with Crippen molar-refractivity contribution in [1.29, 1.82) is 0 Å². The van der Waals surface area contributed by atoms with Crippen LogP contribution in [0.2, 0.25) is 0 Å². The first-order chi connectivity index (χ1) is 12.6. The van der Waals surface area contributed by atoms with Crippen molar-refractivity contribution in [3.8, 4) is 11.5 Å². The van der Waals surface area contributed by atoms with E-state index >= 15 is 0 Å². The zero-order chi connectivity index (χ0) is 18.5. The number of hydrogen-bond acceptors (Lipinski definition) is 4. The van der Waals surface area contributed by atoms with E-state index < -0.39 is 0 Å². The molecule has 1 aromatic heterocycles. The van der Waals surface area contributed by atoms with Crippen LogP contribution in [0.25, 0.3) is 10.9 Å². The monoisotopic (exact) mass is 350 g/mol. The quantitative estimate of drug-likeness (QED) is 0.726. The van der Waals surface area contributed by atoms with Gasteiger partial charge in [0.05, 0.1) is 25.4 Å². The van der Waals surface area contributed by atoms with Crippen LogP contribution >= 0.6 is 0 Å². The first-order valence-corrected chi connectivity index (χ1v) is 8.47. The number of aromatic nitrogens is 1. The highest BCUT2D eigenvalue weighted by atomic mass is 16.5.